The Kier molecular flexibility index (Phi) is 4.16. The second-order valence-corrected chi connectivity index (χ2v) is 5.70. The van der Waals surface area contributed by atoms with E-state index in [9.17, 15) is 23.1 Å². The van der Waals surface area contributed by atoms with Crippen LogP contribution in [-0.4, -0.2) is 22.8 Å². The summed E-state index contributed by atoms with van der Waals surface area (Å²) in [5.74, 6) is -2.49. The SMILES string of the molecule is Cc1cccc(NC2(C(=O)O)CCC(C(F)(F)F)CC2)c1. The van der Waals surface area contributed by atoms with Gasteiger partial charge < -0.3 is 10.4 Å². The molecule has 0 heterocycles. The number of alkyl halides is 3. The van der Waals surface area contributed by atoms with Crippen LogP contribution >= 0.6 is 0 Å². The molecule has 0 aromatic heterocycles. The van der Waals surface area contributed by atoms with Crippen LogP contribution in [0.25, 0.3) is 0 Å². The van der Waals surface area contributed by atoms with Crippen molar-refractivity contribution in [3.63, 3.8) is 0 Å². The molecule has 0 amide bonds. The fraction of sp³-hybridized carbons (Fsp3) is 0.533. The summed E-state index contributed by atoms with van der Waals surface area (Å²) in [6, 6.07) is 7.18. The van der Waals surface area contributed by atoms with Crippen molar-refractivity contribution in [2.45, 2.75) is 44.3 Å². The number of anilines is 1. The first-order valence-corrected chi connectivity index (χ1v) is 6.88. The van der Waals surface area contributed by atoms with Crippen LogP contribution in [0.3, 0.4) is 0 Å². The van der Waals surface area contributed by atoms with Gasteiger partial charge in [0.2, 0.25) is 0 Å². The molecule has 0 bridgehead atoms. The fourth-order valence-corrected chi connectivity index (χ4v) is 2.83. The van der Waals surface area contributed by atoms with Gasteiger partial charge in [0.1, 0.15) is 5.54 Å². The standard InChI is InChI=1S/C15H18F3NO2/c1-10-3-2-4-12(9-10)19-14(13(20)21)7-5-11(6-8-14)15(16,17)18/h2-4,9,11,19H,5-8H2,1H3,(H,20,21). The normalized spacial score (nSPS) is 26.4. The molecule has 0 spiro atoms. The highest BCUT2D eigenvalue weighted by molar-refractivity contribution is 5.83. The van der Waals surface area contributed by atoms with Crippen molar-refractivity contribution in [3.8, 4) is 0 Å². The quantitative estimate of drug-likeness (QED) is 0.887. The van der Waals surface area contributed by atoms with Crippen molar-refractivity contribution in [1.29, 1.82) is 0 Å². The van der Waals surface area contributed by atoms with Gasteiger partial charge in [-0.15, -0.1) is 0 Å². The van der Waals surface area contributed by atoms with E-state index in [1.54, 1.807) is 18.2 Å². The minimum absolute atomic E-state index is 0.0273. The van der Waals surface area contributed by atoms with Crippen LogP contribution in [0.2, 0.25) is 0 Å². The number of benzene rings is 1. The van der Waals surface area contributed by atoms with Crippen molar-refractivity contribution < 1.29 is 23.1 Å². The van der Waals surface area contributed by atoms with E-state index in [0.29, 0.717) is 5.69 Å². The molecule has 1 aromatic rings. The molecule has 1 aliphatic rings. The number of halogens is 3. The number of hydrogen-bond acceptors (Lipinski definition) is 2. The summed E-state index contributed by atoms with van der Waals surface area (Å²) in [6.07, 6.45) is -4.61. The molecule has 0 aliphatic heterocycles. The Morgan fingerprint density at radius 2 is 1.95 bits per heavy atom. The van der Waals surface area contributed by atoms with Crippen LogP contribution in [0.15, 0.2) is 24.3 Å². The zero-order chi connectivity index (χ0) is 15.7. The van der Waals surface area contributed by atoms with Gasteiger partial charge in [0.05, 0.1) is 5.92 Å². The lowest BCUT2D eigenvalue weighted by atomic mass is 9.76. The van der Waals surface area contributed by atoms with Crippen molar-refractivity contribution in [3.05, 3.63) is 29.8 Å². The fourth-order valence-electron chi connectivity index (χ4n) is 2.83. The van der Waals surface area contributed by atoms with Gasteiger partial charge in [-0.05, 0) is 50.3 Å². The van der Waals surface area contributed by atoms with Crippen LogP contribution in [0, 0.1) is 12.8 Å². The minimum atomic E-state index is -4.24. The monoisotopic (exact) mass is 301 g/mol. The second kappa shape index (κ2) is 5.58. The zero-order valence-corrected chi connectivity index (χ0v) is 11.7. The van der Waals surface area contributed by atoms with Crippen molar-refractivity contribution in [1.82, 2.24) is 0 Å². The molecular weight excluding hydrogens is 283 g/mol. The molecular formula is C15H18F3NO2. The molecule has 1 saturated carbocycles. The van der Waals surface area contributed by atoms with Gasteiger partial charge in [0.25, 0.3) is 0 Å². The lowest BCUT2D eigenvalue weighted by molar-refractivity contribution is -0.186. The molecule has 1 aliphatic carbocycles. The minimum Gasteiger partial charge on any atom is -0.480 e. The lowest BCUT2D eigenvalue weighted by Gasteiger charge is -2.38. The first-order chi connectivity index (χ1) is 9.73. The van der Waals surface area contributed by atoms with Crippen LogP contribution in [0.1, 0.15) is 31.2 Å². The van der Waals surface area contributed by atoms with E-state index < -0.39 is 23.6 Å². The van der Waals surface area contributed by atoms with Crippen LogP contribution in [0.4, 0.5) is 18.9 Å². The van der Waals surface area contributed by atoms with Gasteiger partial charge in [0, 0.05) is 5.69 Å². The molecule has 3 nitrogen and oxygen atoms in total. The number of rotatable bonds is 3. The third-order valence-corrected chi connectivity index (χ3v) is 4.11. The molecule has 0 unspecified atom stereocenters. The Morgan fingerprint density at radius 1 is 1.33 bits per heavy atom. The molecule has 0 saturated heterocycles. The first-order valence-electron chi connectivity index (χ1n) is 6.88. The third-order valence-electron chi connectivity index (χ3n) is 4.11. The Hall–Kier alpha value is -1.72. The van der Waals surface area contributed by atoms with Crippen molar-refractivity contribution in [2.75, 3.05) is 5.32 Å². The van der Waals surface area contributed by atoms with Crippen molar-refractivity contribution in [2.24, 2.45) is 5.92 Å². The molecule has 1 fully saturated rings. The maximum Gasteiger partial charge on any atom is 0.391 e. The van der Waals surface area contributed by atoms with Gasteiger partial charge in [-0.3, -0.25) is 0 Å². The van der Waals surface area contributed by atoms with Gasteiger partial charge in [-0.1, -0.05) is 12.1 Å². The van der Waals surface area contributed by atoms with Gasteiger partial charge >= 0.3 is 12.1 Å². The van der Waals surface area contributed by atoms with Gasteiger partial charge in [-0.2, -0.15) is 13.2 Å². The van der Waals surface area contributed by atoms with Crippen molar-refractivity contribution >= 4 is 11.7 Å². The largest absolute Gasteiger partial charge is 0.480 e. The van der Waals surface area contributed by atoms with E-state index in [1.165, 1.54) is 0 Å². The maximum absolute atomic E-state index is 12.7. The molecule has 21 heavy (non-hydrogen) atoms. The number of hydrogen-bond donors (Lipinski definition) is 2. The average Bonchev–Trinajstić information content (AvgIpc) is 2.38. The number of aliphatic carboxylic acids is 1. The molecule has 0 radical (unpaired) electrons. The van der Waals surface area contributed by atoms with E-state index in [0.717, 1.165) is 5.56 Å². The van der Waals surface area contributed by atoms with E-state index in [-0.39, 0.29) is 25.7 Å². The van der Waals surface area contributed by atoms with E-state index >= 15 is 0 Å². The summed E-state index contributed by atoms with van der Waals surface area (Å²) in [6.45, 7) is 1.87. The number of carbonyl (C=O) groups is 1. The van der Waals surface area contributed by atoms with Gasteiger partial charge in [-0.25, -0.2) is 4.79 Å². The summed E-state index contributed by atoms with van der Waals surface area (Å²) >= 11 is 0. The van der Waals surface area contributed by atoms with E-state index in [4.69, 9.17) is 0 Å². The van der Waals surface area contributed by atoms with E-state index in [1.807, 2.05) is 13.0 Å². The average molecular weight is 301 g/mol. The number of aryl methyl sites for hydroxylation is 1. The number of carboxylic acids is 1. The molecule has 2 rings (SSSR count). The number of nitrogens with one attached hydrogen (secondary N) is 1. The predicted molar refractivity (Wildman–Crippen MR) is 73.2 cm³/mol. The Balaban J connectivity index is 2.15. The third kappa shape index (κ3) is 3.49. The van der Waals surface area contributed by atoms with Crippen LogP contribution in [-0.2, 0) is 4.79 Å². The highest BCUT2D eigenvalue weighted by Crippen LogP contribution is 2.42. The molecule has 2 N–H and O–H groups in total. The molecule has 116 valence electrons. The summed E-state index contributed by atoms with van der Waals surface area (Å²) in [7, 11) is 0. The molecule has 6 heteroatoms. The highest BCUT2D eigenvalue weighted by Gasteiger charge is 2.49. The second-order valence-electron chi connectivity index (χ2n) is 5.70. The lowest BCUT2D eigenvalue weighted by Crippen LogP contribution is -2.50. The summed E-state index contributed by atoms with van der Waals surface area (Å²) in [4.78, 5) is 11.6. The first kappa shape index (κ1) is 15.7. The summed E-state index contributed by atoms with van der Waals surface area (Å²) in [5.41, 5.74) is 0.280. The smallest absolute Gasteiger partial charge is 0.391 e. The Morgan fingerprint density at radius 3 is 2.43 bits per heavy atom. The molecule has 0 atom stereocenters. The van der Waals surface area contributed by atoms with Crippen LogP contribution < -0.4 is 5.32 Å². The summed E-state index contributed by atoms with van der Waals surface area (Å²) < 4.78 is 38.1. The Labute approximate surface area is 121 Å². The number of carboxylic acid groups (broad SMARTS) is 1. The zero-order valence-electron chi connectivity index (χ0n) is 11.7. The molecule has 1 aromatic carbocycles. The van der Waals surface area contributed by atoms with E-state index in [2.05, 4.69) is 5.32 Å². The topological polar surface area (TPSA) is 49.3 Å². The highest BCUT2D eigenvalue weighted by atomic mass is 19.4. The van der Waals surface area contributed by atoms with Crippen LogP contribution in [0.5, 0.6) is 0 Å². The summed E-state index contributed by atoms with van der Waals surface area (Å²) in [5, 5.41) is 12.4. The maximum atomic E-state index is 12.7. The van der Waals surface area contributed by atoms with Gasteiger partial charge in [0.15, 0.2) is 0 Å². The predicted octanol–water partition coefficient (Wildman–Crippen LogP) is 3.98. The Bertz CT molecular complexity index is 520.